The van der Waals surface area contributed by atoms with Gasteiger partial charge in [-0.1, -0.05) is 0 Å². The number of benzene rings is 3. The topological polar surface area (TPSA) is 40.5 Å². The van der Waals surface area contributed by atoms with Crippen LogP contribution < -0.4 is 0 Å². The molecule has 114 valence electrons. The van der Waals surface area contributed by atoms with Crippen molar-refractivity contribution in [1.29, 1.82) is 0 Å². The van der Waals surface area contributed by atoms with Crippen LogP contribution in [0, 0.1) is 39.3 Å². The van der Waals surface area contributed by atoms with Gasteiger partial charge in [-0.2, -0.15) is 0 Å². The summed E-state index contributed by atoms with van der Waals surface area (Å²) in [6.45, 7) is 6.80. The molecule has 0 saturated carbocycles. The monoisotopic (exact) mass is 302 g/mol. The Morgan fingerprint density at radius 3 is 1.27 bits per heavy atom. The quantitative estimate of drug-likeness (QED) is 0.579. The van der Waals surface area contributed by atoms with E-state index in [1.54, 1.807) is 27.7 Å². The predicted molar refractivity (Wildman–Crippen MR) is 83.6 cm³/mol. The highest BCUT2D eigenvalue weighted by Crippen LogP contribution is 2.42. The van der Waals surface area contributed by atoms with E-state index < -0.39 is 11.6 Å². The van der Waals surface area contributed by atoms with Crippen LogP contribution in [0.25, 0.3) is 21.5 Å². The summed E-state index contributed by atoms with van der Waals surface area (Å²) in [6.07, 6.45) is 0. The van der Waals surface area contributed by atoms with Crippen molar-refractivity contribution in [2.24, 2.45) is 0 Å². The van der Waals surface area contributed by atoms with Gasteiger partial charge in [0.1, 0.15) is 23.1 Å². The summed E-state index contributed by atoms with van der Waals surface area (Å²) in [6, 6.07) is 2.11. The smallest absolute Gasteiger partial charge is 0.135 e. The van der Waals surface area contributed by atoms with E-state index in [9.17, 15) is 19.0 Å². The summed E-state index contributed by atoms with van der Waals surface area (Å²) in [5.41, 5.74) is 2.20. The molecule has 0 aliphatic heterocycles. The molecule has 3 aromatic rings. The Bertz CT molecular complexity index is 884. The summed E-state index contributed by atoms with van der Waals surface area (Å²) < 4.78 is 28.8. The summed E-state index contributed by atoms with van der Waals surface area (Å²) in [5, 5.41) is 21.6. The first kappa shape index (κ1) is 14.6. The van der Waals surface area contributed by atoms with Crippen molar-refractivity contribution < 1.29 is 19.0 Å². The number of rotatable bonds is 0. The van der Waals surface area contributed by atoms with Gasteiger partial charge in [0.2, 0.25) is 0 Å². The number of phenolic OH excluding ortho intramolecular Hbond substituents is 2. The second-order valence-corrected chi connectivity index (χ2v) is 5.76. The molecule has 3 rings (SSSR count). The lowest BCUT2D eigenvalue weighted by molar-refractivity contribution is 0.466. The standard InChI is InChI=1S/C18H16F2O2/c1-7-13(21)5-11(19)17-10(4)18-12(20)6-14(22)8(2)16(18)9(3)15(7)17/h5-6,21-22H,1-4H3. The molecule has 0 fully saturated rings. The molecular weight excluding hydrogens is 286 g/mol. The van der Waals surface area contributed by atoms with Crippen LogP contribution in [0.2, 0.25) is 0 Å². The van der Waals surface area contributed by atoms with Gasteiger partial charge in [-0.3, -0.25) is 0 Å². The Labute approximate surface area is 126 Å². The van der Waals surface area contributed by atoms with E-state index in [4.69, 9.17) is 0 Å². The molecule has 0 aliphatic rings. The highest BCUT2D eigenvalue weighted by Gasteiger charge is 2.21. The first-order valence-electron chi connectivity index (χ1n) is 6.98. The van der Waals surface area contributed by atoms with Crippen molar-refractivity contribution in [1.82, 2.24) is 0 Å². The number of phenols is 2. The van der Waals surface area contributed by atoms with Crippen molar-refractivity contribution in [2.45, 2.75) is 27.7 Å². The van der Waals surface area contributed by atoms with E-state index in [1.165, 1.54) is 0 Å². The fourth-order valence-electron chi connectivity index (χ4n) is 3.39. The van der Waals surface area contributed by atoms with E-state index in [0.717, 1.165) is 12.1 Å². The zero-order valence-corrected chi connectivity index (χ0v) is 12.8. The number of hydrogen-bond donors (Lipinski definition) is 2. The lowest BCUT2D eigenvalue weighted by Gasteiger charge is -2.18. The molecule has 3 aromatic carbocycles. The fraction of sp³-hybridized carbons (Fsp3) is 0.222. The first-order chi connectivity index (χ1) is 10.3. The van der Waals surface area contributed by atoms with Crippen molar-refractivity contribution in [2.75, 3.05) is 0 Å². The molecule has 0 amide bonds. The van der Waals surface area contributed by atoms with Crippen molar-refractivity contribution in [3.63, 3.8) is 0 Å². The third-order valence-electron chi connectivity index (χ3n) is 4.52. The predicted octanol–water partition coefficient (Wildman–Crippen LogP) is 4.92. The van der Waals surface area contributed by atoms with Crippen LogP contribution in [0.5, 0.6) is 11.5 Å². The Morgan fingerprint density at radius 1 is 0.591 bits per heavy atom. The van der Waals surface area contributed by atoms with E-state index >= 15 is 0 Å². The molecule has 0 bridgehead atoms. The molecule has 2 N–H and O–H groups in total. The van der Waals surface area contributed by atoms with Gasteiger partial charge in [0.05, 0.1) is 0 Å². The van der Waals surface area contributed by atoms with Crippen LogP contribution in [-0.4, -0.2) is 10.2 Å². The third kappa shape index (κ3) is 1.70. The van der Waals surface area contributed by atoms with Crippen LogP contribution in [0.1, 0.15) is 22.3 Å². The van der Waals surface area contributed by atoms with Crippen LogP contribution >= 0.6 is 0 Å². The van der Waals surface area contributed by atoms with E-state index in [-0.39, 0.29) is 11.5 Å². The van der Waals surface area contributed by atoms with Gasteiger partial charge in [0.25, 0.3) is 0 Å². The molecule has 0 aliphatic carbocycles. The fourth-order valence-corrected chi connectivity index (χ4v) is 3.39. The number of aromatic hydroxyl groups is 2. The lowest BCUT2D eigenvalue weighted by atomic mass is 9.88. The molecule has 4 heteroatoms. The third-order valence-corrected chi connectivity index (χ3v) is 4.52. The Morgan fingerprint density at radius 2 is 0.909 bits per heavy atom. The van der Waals surface area contributed by atoms with Gasteiger partial charge < -0.3 is 10.2 Å². The summed E-state index contributed by atoms with van der Waals surface area (Å²) >= 11 is 0. The first-order valence-corrected chi connectivity index (χ1v) is 6.98. The SMILES string of the molecule is Cc1c(O)cc(F)c2c(C)c3c(F)cc(O)c(C)c3c(C)c12. The van der Waals surface area contributed by atoms with E-state index in [2.05, 4.69) is 0 Å². The minimum absolute atomic E-state index is 0.134. The molecule has 0 atom stereocenters. The van der Waals surface area contributed by atoms with Crippen LogP contribution in [0.15, 0.2) is 12.1 Å². The van der Waals surface area contributed by atoms with Gasteiger partial charge in [-0.05, 0) is 60.7 Å². The van der Waals surface area contributed by atoms with Crippen molar-refractivity contribution in [3.8, 4) is 11.5 Å². The zero-order valence-electron chi connectivity index (χ0n) is 12.8. The number of fused-ring (bicyclic) bond motifs is 2. The number of halogens is 2. The molecular formula is C18H16F2O2. The minimum atomic E-state index is -0.578. The average Bonchev–Trinajstić information content (AvgIpc) is 2.44. The molecule has 0 aromatic heterocycles. The number of hydrogen-bond acceptors (Lipinski definition) is 2. The van der Waals surface area contributed by atoms with E-state index in [0.29, 0.717) is 43.8 Å². The molecule has 0 unspecified atom stereocenters. The molecule has 0 saturated heterocycles. The normalized spacial score (nSPS) is 11.5. The zero-order chi connectivity index (χ0) is 16.3. The Hall–Kier alpha value is -2.36. The van der Waals surface area contributed by atoms with Crippen molar-refractivity contribution >= 4 is 21.5 Å². The van der Waals surface area contributed by atoms with Gasteiger partial charge in [0, 0.05) is 22.9 Å². The van der Waals surface area contributed by atoms with E-state index in [1.807, 2.05) is 0 Å². The van der Waals surface area contributed by atoms with Crippen LogP contribution in [-0.2, 0) is 0 Å². The molecule has 22 heavy (non-hydrogen) atoms. The van der Waals surface area contributed by atoms with Gasteiger partial charge in [-0.25, -0.2) is 8.78 Å². The molecule has 0 spiro atoms. The summed E-state index contributed by atoms with van der Waals surface area (Å²) in [4.78, 5) is 0. The summed E-state index contributed by atoms with van der Waals surface area (Å²) in [7, 11) is 0. The largest absolute Gasteiger partial charge is 0.508 e. The number of aryl methyl sites for hydroxylation is 4. The molecule has 0 heterocycles. The highest BCUT2D eigenvalue weighted by atomic mass is 19.1. The second-order valence-electron chi connectivity index (χ2n) is 5.76. The maximum atomic E-state index is 14.4. The maximum absolute atomic E-state index is 14.4. The van der Waals surface area contributed by atoms with Crippen molar-refractivity contribution in [3.05, 3.63) is 46.0 Å². The Balaban J connectivity index is 2.78. The van der Waals surface area contributed by atoms with Crippen LogP contribution in [0.4, 0.5) is 8.78 Å². The minimum Gasteiger partial charge on any atom is -0.508 e. The van der Waals surface area contributed by atoms with Gasteiger partial charge in [0.15, 0.2) is 0 Å². The average molecular weight is 302 g/mol. The summed E-state index contributed by atoms with van der Waals surface area (Å²) in [5.74, 6) is -1.42. The molecule has 0 radical (unpaired) electrons. The molecule has 2 nitrogen and oxygen atoms in total. The highest BCUT2D eigenvalue weighted by molar-refractivity contribution is 6.09. The lowest BCUT2D eigenvalue weighted by Crippen LogP contribution is -1.98. The van der Waals surface area contributed by atoms with Gasteiger partial charge >= 0.3 is 0 Å². The van der Waals surface area contributed by atoms with Crippen LogP contribution in [0.3, 0.4) is 0 Å². The maximum Gasteiger partial charge on any atom is 0.135 e. The second kappa shape index (κ2) is 4.57. The Kier molecular flexibility index (Phi) is 3.02. The van der Waals surface area contributed by atoms with Gasteiger partial charge in [-0.15, -0.1) is 0 Å².